The summed E-state index contributed by atoms with van der Waals surface area (Å²) in [6.07, 6.45) is 0. The summed E-state index contributed by atoms with van der Waals surface area (Å²) < 4.78 is 41.8. The van der Waals surface area contributed by atoms with E-state index in [1.54, 1.807) is 25.2 Å². The molecular formula is C19H18Cl2F3N3O. The summed E-state index contributed by atoms with van der Waals surface area (Å²) in [7, 11) is 1.58. The van der Waals surface area contributed by atoms with Gasteiger partial charge in [0, 0.05) is 55.4 Å². The van der Waals surface area contributed by atoms with E-state index in [2.05, 4.69) is 5.32 Å². The molecule has 2 aromatic carbocycles. The fourth-order valence-corrected chi connectivity index (χ4v) is 3.88. The lowest BCUT2D eigenvalue weighted by atomic mass is 10.1. The van der Waals surface area contributed by atoms with Crippen molar-refractivity contribution in [3.63, 3.8) is 0 Å². The van der Waals surface area contributed by atoms with Gasteiger partial charge < -0.3 is 15.1 Å². The first-order chi connectivity index (χ1) is 13.3. The molecule has 9 heteroatoms. The molecule has 1 aliphatic rings. The highest BCUT2D eigenvalue weighted by Crippen LogP contribution is 2.28. The summed E-state index contributed by atoms with van der Waals surface area (Å²) in [5.41, 5.74) is 0.322. The highest BCUT2D eigenvalue weighted by atomic mass is 35.5. The van der Waals surface area contributed by atoms with Crippen LogP contribution in [0.4, 0.5) is 18.9 Å². The predicted octanol–water partition coefficient (Wildman–Crippen LogP) is 3.85. The Morgan fingerprint density at radius 3 is 2.36 bits per heavy atom. The number of likely N-dealkylation sites (N-methyl/N-ethyl adjacent to an activating group) is 1. The number of nitrogens with one attached hydrogen (secondary N) is 1. The van der Waals surface area contributed by atoms with Crippen LogP contribution in [0.25, 0.3) is 0 Å². The van der Waals surface area contributed by atoms with Crippen LogP contribution >= 0.6 is 23.2 Å². The Balaban J connectivity index is 1.84. The topological polar surface area (TPSA) is 35.6 Å². The van der Waals surface area contributed by atoms with Crippen molar-refractivity contribution in [2.24, 2.45) is 0 Å². The second kappa shape index (κ2) is 8.59. The van der Waals surface area contributed by atoms with Crippen LogP contribution in [0, 0.1) is 17.5 Å². The van der Waals surface area contributed by atoms with Crippen LogP contribution in [0.15, 0.2) is 30.3 Å². The van der Waals surface area contributed by atoms with Gasteiger partial charge in [-0.1, -0.05) is 23.2 Å². The van der Waals surface area contributed by atoms with Crippen molar-refractivity contribution < 1.29 is 18.0 Å². The Hall–Kier alpha value is -1.96. The van der Waals surface area contributed by atoms with Crippen LogP contribution in [0.5, 0.6) is 0 Å². The molecule has 0 spiro atoms. The lowest BCUT2D eigenvalue weighted by Gasteiger charge is -2.39. The van der Waals surface area contributed by atoms with E-state index in [1.807, 2.05) is 0 Å². The predicted molar refractivity (Wildman–Crippen MR) is 103 cm³/mol. The zero-order chi connectivity index (χ0) is 20.4. The first-order valence-electron chi connectivity index (χ1n) is 8.58. The second-order valence-corrected chi connectivity index (χ2v) is 7.48. The summed E-state index contributed by atoms with van der Waals surface area (Å²) in [5.74, 6) is -3.43. The Morgan fingerprint density at radius 2 is 1.75 bits per heavy atom. The van der Waals surface area contributed by atoms with E-state index in [4.69, 9.17) is 23.2 Å². The van der Waals surface area contributed by atoms with E-state index in [0.717, 1.165) is 5.56 Å². The number of hydrogen-bond donors (Lipinski definition) is 1. The van der Waals surface area contributed by atoms with Gasteiger partial charge in [-0.2, -0.15) is 0 Å². The zero-order valence-corrected chi connectivity index (χ0v) is 16.5. The third kappa shape index (κ3) is 4.54. The molecule has 1 atom stereocenters. The van der Waals surface area contributed by atoms with E-state index in [1.165, 1.54) is 9.80 Å². The fraction of sp³-hybridized carbons (Fsp3) is 0.316. The van der Waals surface area contributed by atoms with Gasteiger partial charge >= 0.3 is 0 Å². The number of benzene rings is 2. The summed E-state index contributed by atoms with van der Waals surface area (Å²) in [5, 5.41) is 3.94. The van der Waals surface area contributed by atoms with Gasteiger partial charge in [-0.3, -0.25) is 4.79 Å². The molecule has 1 fully saturated rings. The van der Waals surface area contributed by atoms with Gasteiger partial charge in [-0.15, -0.1) is 0 Å². The monoisotopic (exact) mass is 431 g/mol. The van der Waals surface area contributed by atoms with E-state index in [0.29, 0.717) is 28.7 Å². The number of nitrogens with zero attached hydrogens (tertiary/aromatic N) is 2. The summed E-state index contributed by atoms with van der Waals surface area (Å²) in [4.78, 5) is 15.8. The number of amides is 1. The minimum atomic E-state index is -1.04. The molecule has 0 bridgehead atoms. The van der Waals surface area contributed by atoms with Crippen LogP contribution in [-0.2, 0) is 11.3 Å². The Bertz CT molecular complexity index is 853. The largest absolute Gasteiger partial charge is 0.352 e. The first kappa shape index (κ1) is 20.8. The average Bonchev–Trinajstić information content (AvgIpc) is 2.59. The van der Waals surface area contributed by atoms with Crippen LogP contribution in [0.3, 0.4) is 0 Å². The quantitative estimate of drug-likeness (QED) is 0.798. The second-order valence-electron chi connectivity index (χ2n) is 6.60. The highest BCUT2D eigenvalue weighted by Gasteiger charge is 2.34. The number of hydrogen-bond acceptors (Lipinski definition) is 3. The molecule has 0 aliphatic carbocycles. The molecule has 1 N–H and O–H groups in total. The number of anilines is 1. The van der Waals surface area contributed by atoms with Crippen molar-refractivity contribution in [3.05, 3.63) is 63.4 Å². The normalized spacial score (nSPS) is 16.9. The van der Waals surface area contributed by atoms with Crippen LogP contribution in [0.2, 0.25) is 10.0 Å². The lowest BCUT2D eigenvalue weighted by Crippen LogP contribution is -2.58. The Labute approximate surface area is 170 Å². The lowest BCUT2D eigenvalue weighted by molar-refractivity contribution is -0.132. The van der Waals surface area contributed by atoms with Crippen molar-refractivity contribution in [1.82, 2.24) is 10.2 Å². The van der Waals surface area contributed by atoms with Crippen LogP contribution < -0.4 is 10.2 Å². The molecule has 1 aliphatic heterocycles. The molecule has 0 aromatic heterocycles. The van der Waals surface area contributed by atoms with Gasteiger partial charge in [-0.25, -0.2) is 13.2 Å². The average molecular weight is 432 g/mol. The van der Waals surface area contributed by atoms with Gasteiger partial charge in [-0.05, 0) is 23.8 Å². The number of halogens is 5. The smallest absolute Gasteiger partial charge is 0.246 e. The maximum Gasteiger partial charge on any atom is 0.246 e. The molecule has 3 rings (SSSR count). The summed E-state index contributed by atoms with van der Waals surface area (Å²) in [6, 6.07) is 5.34. The molecule has 0 saturated carbocycles. The maximum atomic E-state index is 14.3. The van der Waals surface area contributed by atoms with Gasteiger partial charge in [0.05, 0.1) is 0 Å². The van der Waals surface area contributed by atoms with Crippen molar-refractivity contribution in [1.29, 1.82) is 0 Å². The SMILES string of the molecule is CN(Cc1cc(Cl)cc(Cl)c1)C(=O)C1CNCCN1c1c(F)cc(F)cc1F. The van der Waals surface area contributed by atoms with Gasteiger partial charge in [0.2, 0.25) is 5.91 Å². The van der Waals surface area contributed by atoms with Crippen LogP contribution in [0.1, 0.15) is 5.56 Å². The van der Waals surface area contributed by atoms with Crippen molar-refractivity contribution in [3.8, 4) is 0 Å². The van der Waals surface area contributed by atoms with Crippen molar-refractivity contribution in [2.75, 3.05) is 31.6 Å². The van der Waals surface area contributed by atoms with E-state index < -0.39 is 29.2 Å². The van der Waals surface area contributed by atoms with E-state index in [9.17, 15) is 18.0 Å². The number of rotatable bonds is 4. The number of carbonyl (C=O) groups is 1. The summed E-state index contributed by atoms with van der Waals surface area (Å²) >= 11 is 12.0. The van der Waals surface area contributed by atoms with Crippen molar-refractivity contribution in [2.45, 2.75) is 12.6 Å². The van der Waals surface area contributed by atoms with Gasteiger partial charge in [0.25, 0.3) is 0 Å². The van der Waals surface area contributed by atoms with E-state index >= 15 is 0 Å². The third-order valence-corrected chi connectivity index (χ3v) is 4.95. The first-order valence-corrected chi connectivity index (χ1v) is 9.33. The van der Waals surface area contributed by atoms with Crippen molar-refractivity contribution >= 4 is 34.8 Å². The number of carbonyl (C=O) groups excluding carboxylic acids is 1. The highest BCUT2D eigenvalue weighted by molar-refractivity contribution is 6.34. The Kier molecular flexibility index (Phi) is 6.37. The van der Waals surface area contributed by atoms with Gasteiger partial charge in [0.1, 0.15) is 17.5 Å². The molecule has 150 valence electrons. The minimum Gasteiger partial charge on any atom is -0.352 e. The maximum absolute atomic E-state index is 14.3. The molecule has 0 radical (unpaired) electrons. The zero-order valence-electron chi connectivity index (χ0n) is 15.0. The third-order valence-electron chi connectivity index (χ3n) is 4.52. The fourth-order valence-electron chi connectivity index (χ4n) is 3.31. The standard InChI is InChI=1S/C19H18Cl2F3N3O/c1-26(10-11-4-12(20)6-13(21)5-11)19(28)17-9-25-2-3-27(17)18-15(23)7-14(22)8-16(18)24/h4-8,17,25H,2-3,9-10H2,1H3. The van der Waals surface area contributed by atoms with Crippen LogP contribution in [-0.4, -0.2) is 43.5 Å². The van der Waals surface area contributed by atoms with Gasteiger partial charge in [0.15, 0.2) is 11.6 Å². The molecule has 1 unspecified atom stereocenters. The molecular weight excluding hydrogens is 414 g/mol. The number of piperazine rings is 1. The molecule has 1 heterocycles. The van der Waals surface area contributed by atoms with E-state index in [-0.39, 0.29) is 25.5 Å². The molecule has 1 saturated heterocycles. The molecule has 4 nitrogen and oxygen atoms in total. The molecule has 2 aromatic rings. The molecule has 1 amide bonds. The summed E-state index contributed by atoms with van der Waals surface area (Å²) in [6.45, 7) is 1.06. The Morgan fingerprint density at radius 1 is 1.14 bits per heavy atom. The minimum absolute atomic E-state index is 0.201. The molecule has 28 heavy (non-hydrogen) atoms.